The number of H-pyrrole nitrogens is 1. The molecule has 0 fully saturated rings. The minimum atomic E-state index is -0.165. The molecule has 0 aromatic carbocycles. The summed E-state index contributed by atoms with van der Waals surface area (Å²) in [5.41, 5.74) is 0.955. The van der Waals surface area contributed by atoms with Gasteiger partial charge in [-0.25, -0.2) is 4.98 Å². The quantitative estimate of drug-likeness (QED) is 0.589. The van der Waals surface area contributed by atoms with Crippen LogP contribution < -0.4 is 5.32 Å². The number of nitrogens with one attached hydrogen (secondary N) is 2. The monoisotopic (exact) mass is 305 g/mol. The normalized spacial score (nSPS) is 11.4. The first-order chi connectivity index (χ1) is 9.81. The number of carbonyl (C=O) groups is 1. The van der Waals surface area contributed by atoms with Crippen molar-refractivity contribution in [3.63, 3.8) is 0 Å². The van der Waals surface area contributed by atoms with E-state index in [1.54, 1.807) is 11.3 Å². The van der Waals surface area contributed by atoms with Gasteiger partial charge in [0.25, 0.3) is 5.91 Å². The molecule has 4 aromatic rings. The first-order valence-electron chi connectivity index (χ1n) is 5.67. The Hall–Kier alpha value is -2.33. The maximum absolute atomic E-state index is 12.1. The van der Waals surface area contributed by atoms with Gasteiger partial charge >= 0.3 is 0 Å². The number of tetrazole rings is 1. The van der Waals surface area contributed by atoms with E-state index in [9.17, 15) is 4.79 Å². The summed E-state index contributed by atoms with van der Waals surface area (Å²) in [7, 11) is 0. The molecule has 8 nitrogen and oxygen atoms in total. The zero-order chi connectivity index (χ0) is 13.5. The van der Waals surface area contributed by atoms with Crippen molar-refractivity contribution >= 4 is 43.9 Å². The molecule has 0 aliphatic carbocycles. The molecule has 0 unspecified atom stereocenters. The van der Waals surface area contributed by atoms with Crippen molar-refractivity contribution in [2.24, 2.45) is 0 Å². The second-order valence-corrected chi connectivity index (χ2v) is 5.88. The van der Waals surface area contributed by atoms with Gasteiger partial charge in [0.05, 0.1) is 16.9 Å². The fourth-order valence-corrected chi connectivity index (χ4v) is 3.58. The van der Waals surface area contributed by atoms with Crippen molar-refractivity contribution in [2.45, 2.75) is 6.54 Å². The largest absolute Gasteiger partial charge is 0.344 e. The number of thiophene rings is 1. The number of rotatable bonds is 3. The van der Waals surface area contributed by atoms with Crippen LogP contribution in [0.3, 0.4) is 0 Å². The van der Waals surface area contributed by atoms with Crippen molar-refractivity contribution in [3.8, 4) is 0 Å². The summed E-state index contributed by atoms with van der Waals surface area (Å²) in [4.78, 5) is 18.9. The first-order valence-corrected chi connectivity index (χ1v) is 7.36. The van der Waals surface area contributed by atoms with Crippen LogP contribution in [0.25, 0.3) is 15.3 Å². The zero-order valence-electron chi connectivity index (χ0n) is 9.90. The van der Waals surface area contributed by atoms with Crippen LogP contribution in [-0.2, 0) is 6.54 Å². The molecule has 0 aliphatic rings. The molecule has 0 aliphatic heterocycles. The number of aromatic amines is 1. The Morgan fingerprint density at radius 2 is 2.45 bits per heavy atom. The molecule has 4 aromatic heterocycles. The molecule has 0 saturated carbocycles. The fraction of sp³-hybridized carbons (Fsp3) is 0.100. The smallest absolute Gasteiger partial charge is 0.261 e. The average Bonchev–Trinajstić information content (AvgIpc) is 3.17. The maximum Gasteiger partial charge on any atom is 0.261 e. The number of imidazole rings is 1. The third kappa shape index (κ3) is 1.77. The number of hydrogen-bond acceptors (Lipinski definition) is 7. The second kappa shape index (κ2) is 4.35. The van der Waals surface area contributed by atoms with E-state index in [4.69, 9.17) is 0 Å². The van der Waals surface area contributed by atoms with E-state index < -0.39 is 0 Å². The zero-order valence-corrected chi connectivity index (χ0v) is 11.5. The van der Waals surface area contributed by atoms with Crippen LogP contribution >= 0.6 is 22.7 Å². The first kappa shape index (κ1) is 11.5. The van der Waals surface area contributed by atoms with Crippen molar-refractivity contribution in [1.29, 1.82) is 0 Å². The average molecular weight is 305 g/mol. The SMILES string of the molecule is O=C(NCc1nn[nH]n1)c1cc2c(nc3sccn32)s1. The Labute approximate surface area is 119 Å². The number of amides is 1. The third-order valence-corrected chi connectivity index (χ3v) is 4.53. The molecule has 2 N–H and O–H groups in total. The summed E-state index contributed by atoms with van der Waals surface area (Å²) in [6, 6.07) is 1.85. The Balaban J connectivity index is 1.60. The number of thiazole rings is 1. The molecule has 0 atom stereocenters. The van der Waals surface area contributed by atoms with Gasteiger partial charge in [-0.15, -0.1) is 32.9 Å². The molecule has 1 amide bonds. The molecule has 0 radical (unpaired) electrons. The van der Waals surface area contributed by atoms with Gasteiger partial charge in [0.2, 0.25) is 0 Å². The Morgan fingerprint density at radius 1 is 1.50 bits per heavy atom. The van der Waals surface area contributed by atoms with Crippen molar-refractivity contribution < 1.29 is 4.79 Å². The highest BCUT2D eigenvalue weighted by molar-refractivity contribution is 7.21. The van der Waals surface area contributed by atoms with Gasteiger partial charge in [-0.1, -0.05) is 5.21 Å². The van der Waals surface area contributed by atoms with E-state index in [-0.39, 0.29) is 12.5 Å². The number of aromatic nitrogens is 6. The molecule has 100 valence electrons. The lowest BCUT2D eigenvalue weighted by Crippen LogP contribution is -2.22. The van der Waals surface area contributed by atoms with Crippen LogP contribution in [0, 0.1) is 0 Å². The Kier molecular flexibility index (Phi) is 2.50. The van der Waals surface area contributed by atoms with Gasteiger partial charge < -0.3 is 5.32 Å². The van der Waals surface area contributed by atoms with Gasteiger partial charge in [0.1, 0.15) is 4.83 Å². The summed E-state index contributed by atoms with van der Waals surface area (Å²) in [5.74, 6) is 0.281. The van der Waals surface area contributed by atoms with E-state index in [0.717, 1.165) is 15.3 Å². The minimum absolute atomic E-state index is 0.165. The van der Waals surface area contributed by atoms with Crippen molar-refractivity contribution in [3.05, 3.63) is 28.3 Å². The molecular weight excluding hydrogens is 298 g/mol. The summed E-state index contributed by atoms with van der Waals surface area (Å²) in [5, 5.41) is 18.0. The number of fused-ring (bicyclic) bond motifs is 3. The van der Waals surface area contributed by atoms with Gasteiger partial charge in [-0.05, 0) is 6.07 Å². The summed E-state index contributed by atoms with van der Waals surface area (Å²) in [6.45, 7) is 0.242. The van der Waals surface area contributed by atoms with Crippen LogP contribution in [0.4, 0.5) is 0 Å². The topological polar surface area (TPSA) is 101 Å². The summed E-state index contributed by atoms with van der Waals surface area (Å²) < 4.78 is 1.98. The number of hydrogen-bond donors (Lipinski definition) is 2. The Bertz CT molecular complexity index is 887. The van der Waals surface area contributed by atoms with E-state index in [1.807, 2.05) is 22.0 Å². The molecular formula is C10H7N7OS2. The van der Waals surface area contributed by atoms with E-state index in [1.165, 1.54) is 11.3 Å². The van der Waals surface area contributed by atoms with E-state index in [2.05, 4.69) is 30.9 Å². The molecule has 20 heavy (non-hydrogen) atoms. The van der Waals surface area contributed by atoms with Crippen LogP contribution in [0.1, 0.15) is 15.5 Å². The number of carbonyl (C=O) groups excluding carboxylic acids is 1. The van der Waals surface area contributed by atoms with Gasteiger partial charge in [0, 0.05) is 11.6 Å². The van der Waals surface area contributed by atoms with Gasteiger partial charge in [-0.2, -0.15) is 5.21 Å². The third-order valence-electron chi connectivity index (χ3n) is 2.76. The summed E-state index contributed by atoms with van der Waals surface area (Å²) in [6.07, 6.45) is 1.95. The number of nitrogens with zero attached hydrogens (tertiary/aromatic N) is 5. The van der Waals surface area contributed by atoms with E-state index >= 15 is 0 Å². The summed E-state index contributed by atoms with van der Waals surface area (Å²) >= 11 is 2.94. The lowest BCUT2D eigenvalue weighted by atomic mass is 10.4. The molecule has 0 bridgehead atoms. The predicted octanol–water partition coefficient (Wildman–Crippen LogP) is 1.05. The molecule has 10 heteroatoms. The molecule has 0 saturated heterocycles. The van der Waals surface area contributed by atoms with Crippen molar-refractivity contribution in [1.82, 2.24) is 35.3 Å². The highest BCUT2D eigenvalue weighted by Gasteiger charge is 2.15. The van der Waals surface area contributed by atoms with Crippen LogP contribution in [0.2, 0.25) is 0 Å². The maximum atomic E-state index is 12.1. The predicted molar refractivity (Wildman–Crippen MR) is 73.8 cm³/mol. The highest BCUT2D eigenvalue weighted by atomic mass is 32.1. The standard InChI is InChI=1S/C10H7N7OS2/c18-8(11-4-7-13-15-16-14-7)6-3-5-9(20-6)12-10-17(5)1-2-19-10/h1-3H,4H2,(H,11,18)(H,13,14,15,16). The van der Waals surface area contributed by atoms with E-state index in [0.29, 0.717) is 10.7 Å². The lowest BCUT2D eigenvalue weighted by molar-refractivity contribution is 0.0954. The van der Waals surface area contributed by atoms with Gasteiger partial charge in [-0.3, -0.25) is 9.20 Å². The van der Waals surface area contributed by atoms with Crippen LogP contribution in [0.5, 0.6) is 0 Å². The Morgan fingerprint density at radius 3 is 3.30 bits per heavy atom. The highest BCUT2D eigenvalue weighted by Crippen LogP contribution is 2.28. The molecule has 4 rings (SSSR count). The lowest BCUT2D eigenvalue weighted by Gasteiger charge is -1.98. The van der Waals surface area contributed by atoms with Crippen LogP contribution in [-0.4, -0.2) is 35.9 Å². The fourth-order valence-electron chi connectivity index (χ4n) is 1.86. The van der Waals surface area contributed by atoms with Crippen molar-refractivity contribution in [2.75, 3.05) is 0 Å². The molecule has 0 spiro atoms. The van der Waals surface area contributed by atoms with Gasteiger partial charge in [0.15, 0.2) is 10.8 Å². The second-order valence-electron chi connectivity index (χ2n) is 3.98. The molecule has 4 heterocycles. The minimum Gasteiger partial charge on any atom is -0.344 e. The van der Waals surface area contributed by atoms with Crippen LogP contribution in [0.15, 0.2) is 17.6 Å².